The first-order valence-corrected chi connectivity index (χ1v) is 9.55. The molecule has 0 fully saturated rings. The average Bonchev–Trinajstić information content (AvgIpc) is 3.06. The van der Waals surface area contributed by atoms with Gasteiger partial charge in [0.1, 0.15) is 0 Å². The van der Waals surface area contributed by atoms with Gasteiger partial charge < -0.3 is 5.32 Å². The molecule has 6 nitrogen and oxygen atoms in total. The van der Waals surface area contributed by atoms with Gasteiger partial charge in [-0.05, 0) is 51.1 Å². The number of amides is 1. The van der Waals surface area contributed by atoms with Gasteiger partial charge in [-0.2, -0.15) is 5.10 Å². The molecule has 0 aliphatic rings. The van der Waals surface area contributed by atoms with Crippen molar-refractivity contribution in [1.29, 1.82) is 0 Å². The number of nitrogens with zero attached hydrogens (tertiary/aromatic N) is 4. The highest BCUT2D eigenvalue weighted by Crippen LogP contribution is 2.26. The summed E-state index contributed by atoms with van der Waals surface area (Å²) in [6.07, 6.45) is 5.25. The van der Waals surface area contributed by atoms with Crippen LogP contribution >= 0.6 is 0 Å². The summed E-state index contributed by atoms with van der Waals surface area (Å²) in [6, 6.07) is 11.5. The number of aromatic nitrogens is 4. The van der Waals surface area contributed by atoms with Crippen LogP contribution in [-0.4, -0.2) is 25.7 Å². The number of carbonyl (C=O) groups is 1. The van der Waals surface area contributed by atoms with Crippen molar-refractivity contribution in [2.45, 2.75) is 26.8 Å². The van der Waals surface area contributed by atoms with Gasteiger partial charge in [-0.25, -0.2) is 4.98 Å². The van der Waals surface area contributed by atoms with E-state index in [-0.39, 0.29) is 11.9 Å². The number of fused-ring (bicyclic) bond motifs is 1. The Kier molecular flexibility index (Phi) is 4.84. The molecule has 0 spiro atoms. The summed E-state index contributed by atoms with van der Waals surface area (Å²) in [6.45, 7) is 5.98. The van der Waals surface area contributed by atoms with Crippen molar-refractivity contribution < 1.29 is 4.79 Å². The normalized spacial score (nSPS) is 12.1. The molecular weight excluding hydrogens is 362 g/mol. The minimum Gasteiger partial charge on any atom is -0.345 e. The predicted molar refractivity (Wildman–Crippen MR) is 114 cm³/mol. The van der Waals surface area contributed by atoms with Crippen LogP contribution in [0.1, 0.15) is 40.1 Å². The summed E-state index contributed by atoms with van der Waals surface area (Å²) in [5.41, 5.74) is 6.20. The predicted octanol–water partition coefficient (Wildman–Crippen LogP) is 4.14. The highest BCUT2D eigenvalue weighted by molar-refractivity contribution is 6.07. The SMILES string of the molecule is Cc1ccc2nc(-c3ccncc3)cc(C(=O)NC(C)c3cnn(C)c3C)c2c1. The molecule has 1 aromatic carbocycles. The molecule has 0 saturated heterocycles. The maximum atomic E-state index is 13.3. The van der Waals surface area contributed by atoms with Crippen molar-refractivity contribution in [2.75, 3.05) is 0 Å². The smallest absolute Gasteiger partial charge is 0.252 e. The van der Waals surface area contributed by atoms with Crippen molar-refractivity contribution in [3.63, 3.8) is 0 Å². The van der Waals surface area contributed by atoms with Crippen molar-refractivity contribution in [1.82, 2.24) is 25.1 Å². The highest BCUT2D eigenvalue weighted by atomic mass is 16.1. The van der Waals surface area contributed by atoms with E-state index in [9.17, 15) is 4.79 Å². The lowest BCUT2D eigenvalue weighted by molar-refractivity contribution is 0.0941. The molecule has 1 amide bonds. The van der Waals surface area contributed by atoms with Crippen LogP contribution in [0.2, 0.25) is 0 Å². The molecule has 146 valence electrons. The number of nitrogens with one attached hydrogen (secondary N) is 1. The maximum Gasteiger partial charge on any atom is 0.252 e. The summed E-state index contributed by atoms with van der Waals surface area (Å²) >= 11 is 0. The third kappa shape index (κ3) is 3.61. The molecule has 0 saturated carbocycles. The minimum atomic E-state index is -0.159. The van der Waals surface area contributed by atoms with Gasteiger partial charge in [0.25, 0.3) is 5.91 Å². The first kappa shape index (κ1) is 18.8. The Labute approximate surface area is 169 Å². The van der Waals surface area contributed by atoms with Gasteiger partial charge in [0, 0.05) is 41.6 Å². The third-order valence-electron chi connectivity index (χ3n) is 5.27. The lowest BCUT2D eigenvalue weighted by Gasteiger charge is -2.16. The molecule has 1 atom stereocenters. The van der Waals surface area contributed by atoms with Gasteiger partial charge in [-0.3, -0.25) is 14.5 Å². The molecule has 0 bridgehead atoms. The Bertz CT molecular complexity index is 1200. The molecule has 3 aromatic heterocycles. The molecule has 1 N–H and O–H groups in total. The molecule has 29 heavy (non-hydrogen) atoms. The monoisotopic (exact) mass is 385 g/mol. The number of rotatable bonds is 4. The number of pyridine rings is 2. The number of carbonyl (C=O) groups excluding carboxylic acids is 1. The van der Waals surface area contributed by atoms with E-state index in [0.717, 1.165) is 39.0 Å². The number of hydrogen-bond donors (Lipinski definition) is 1. The van der Waals surface area contributed by atoms with Crippen LogP contribution in [0.3, 0.4) is 0 Å². The van der Waals surface area contributed by atoms with Crippen LogP contribution in [0.15, 0.2) is 55.0 Å². The fraction of sp³-hybridized carbons (Fsp3) is 0.217. The minimum absolute atomic E-state index is 0.131. The summed E-state index contributed by atoms with van der Waals surface area (Å²) in [4.78, 5) is 22.1. The highest BCUT2D eigenvalue weighted by Gasteiger charge is 2.19. The van der Waals surface area contributed by atoms with E-state index in [1.54, 1.807) is 18.6 Å². The van der Waals surface area contributed by atoms with E-state index >= 15 is 0 Å². The van der Waals surface area contributed by atoms with Gasteiger partial charge in [0.15, 0.2) is 0 Å². The maximum absolute atomic E-state index is 13.3. The van der Waals surface area contributed by atoms with E-state index in [2.05, 4.69) is 15.4 Å². The second kappa shape index (κ2) is 7.47. The first-order chi connectivity index (χ1) is 13.9. The van der Waals surface area contributed by atoms with Crippen LogP contribution in [-0.2, 0) is 7.05 Å². The Morgan fingerprint density at radius 3 is 2.55 bits per heavy atom. The van der Waals surface area contributed by atoms with Gasteiger partial charge in [-0.15, -0.1) is 0 Å². The second-order valence-corrected chi connectivity index (χ2v) is 7.32. The fourth-order valence-electron chi connectivity index (χ4n) is 3.49. The zero-order valence-electron chi connectivity index (χ0n) is 17.0. The van der Waals surface area contributed by atoms with E-state index in [4.69, 9.17) is 4.98 Å². The molecule has 0 aliphatic heterocycles. The summed E-state index contributed by atoms with van der Waals surface area (Å²) in [7, 11) is 1.90. The van der Waals surface area contributed by atoms with Crippen molar-refractivity contribution in [3.05, 3.63) is 77.4 Å². The quantitative estimate of drug-likeness (QED) is 0.573. The first-order valence-electron chi connectivity index (χ1n) is 9.55. The molecule has 3 heterocycles. The van der Waals surface area contributed by atoms with Gasteiger partial charge in [0.2, 0.25) is 0 Å². The molecule has 1 unspecified atom stereocenters. The lowest BCUT2D eigenvalue weighted by Crippen LogP contribution is -2.27. The Morgan fingerprint density at radius 1 is 1.10 bits per heavy atom. The Morgan fingerprint density at radius 2 is 1.86 bits per heavy atom. The number of benzene rings is 1. The van der Waals surface area contributed by atoms with Crippen molar-refractivity contribution >= 4 is 16.8 Å². The van der Waals surface area contributed by atoms with E-state index in [1.807, 2.05) is 68.9 Å². The zero-order chi connectivity index (χ0) is 20.5. The average molecular weight is 385 g/mol. The van der Waals surface area contributed by atoms with Crippen LogP contribution < -0.4 is 5.32 Å². The van der Waals surface area contributed by atoms with Gasteiger partial charge in [-0.1, -0.05) is 11.6 Å². The molecule has 6 heteroatoms. The molecule has 0 radical (unpaired) electrons. The van der Waals surface area contributed by atoms with E-state index < -0.39 is 0 Å². The summed E-state index contributed by atoms with van der Waals surface area (Å²) in [5, 5.41) is 8.25. The van der Waals surface area contributed by atoms with Crippen LogP contribution in [0.4, 0.5) is 0 Å². The van der Waals surface area contributed by atoms with Crippen LogP contribution in [0, 0.1) is 13.8 Å². The topological polar surface area (TPSA) is 72.7 Å². The molecule has 4 aromatic rings. The van der Waals surface area contributed by atoms with Crippen molar-refractivity contribution in [2.24, 2.45) is 7.05 Å². The lowest BCUT2D eigenvalue weighted by atomic mass is 10.0. The fourth-order valence-corrected chi connectivity index (χ4v) is 3.49. The number of hydrogen-bond acceptors (Lipinski definition) is 4. The summed E-state index contributed by atoms with van der Waals surface area (Å²) < 4.78 is 1.81. The molecular formula is C23H23N5O. The second-order valence-electron chi connectivity index (χ2n) is 7.32. The van der Waals surface area contributed by atoms with Gasteiger partial charge in [0.05, 0.1) is 29.0 Å². The Hall–Kier alpha value is -3.54. The summed E-state index contributed by atoms with van der Waals surface area (Å²) in [5.74, 6) is -0.131. The van der Waals surface area contributed by atoms with E-state index in [0.29, 0.717) is 5.56 Å². The third-order valence-corrected chi connectivity index (χ3v) is 5.27. The van der Waals surface area contributed by atoms with Crippen LogP contribution in [0.25, 0.3) is 22.2 Å². The van der Waals surface area contributed by atoms with Gasteiger partial charge >= 0.3 is 0 Å². The number of aryl methyl sites for hydroxylation is 2. The van der Waals surface area contributed by atoms with Crippen LogP contribution in [0.5, 0.6) is 0 Å². The standard InChI is InChI=1S/C23H23N5O/c1-14-5-6-21-18(11-14)19(12-22(27-21)17-7-9-24-10-8-17)23(29)26-15(2)20-13-25-28(4)16(20)3/h5-13,15H,1-4H3,(H,26,29). The van der Waals surface area contributed by atoms with Crippen molar-refractivity contribution in [3.8, 4) is 11.3 Å². The largest absolute Gasteiger partial charge is 0.345 e. The zero-order valence-corrected chi connectivity index (χ0v) is 17.0. The van der Waals surface area contributed by atoms with E-state index in [1.165, 1.54) is 0 Å². The Balaban J connectivity index is 1.77. The molecule has 0 aliphatic carbocycles. The molecule has 4 rings (SSSR count).